The summed E-state index contributed by atoms with van der Waals surface area (Å²) in [5.74, 6) is 0.904. The van der Waals surface area contributed by atoms with E-state index in [1.807, 2.05) is 27.7 Å². The van der Waals surface area contributed by atoms with E-state index < -0.39 is 0 Å². The van der Waals surface area contributed by atoms with E-state index in [0.29, 0.717) is 23.8 Å². The van der Waals surface area contributed by atoms with Crippen molar-refractivity contribution in [1.82, 2.24) is 9.97 Å². The van der Waals surface area contributed by atoms with E-state index in [4.69, 9.17) is 15.6 Å². The maximum absolute atomic E-state index is 8.99. The zero-order valence-corrected chi connectivity index (χ0v) is 11.4. The molecule has 1 aromatic rings. The summed E-state index contributed by atoms with van der Waals surface area (Å²) in [6, 6.07) is 0. The number of hydrogen-bond acceptors (Lipinski definition) is 6. The van der Waals surface area contributed by atoms with Crippen molar-refractivity contribution in [2.75, 3.05) is 17.7 Å². The second-order valence-corrected chi connectivity index (χ2v) is 5.09. The van der Waals surface area contributed by atoms with E-state index in [9.17, 15) is 0 Å². The van der Waals surface area contributed by atoms with E-state index >= 15 is 0 Å². The first-order chi connectivity index (χ1) is 8.35. The Morgan fingerprint density at radius 2 is 2.11 bits per heavy atom. The molecule has 0 saturated heterocycles. The predicted molar refractivity (Wildman–Crippen MR) is 71.6 cm³/mol. The molecule has 0 bridgehead atoms. The molecular weight excluding hydrogens is 232 g/mol. The number of nitrogens with zero attached hydrogens (tertiary/aromatic N) is 2. The quantitative estimate of drug-likeness (QED) is 0.711. The molecule has 18 heavy (non-hydrogen) atoms. The molecule has 102 valence electrons. The van der Waals surface area contributed by atoms with Gasteiger partial charge in [-0.05, 0) is 34.1 Å². The minimum Gasteiger partial charge on any atom is -0.473 e. The van der Waals surface area contributed by atoms with E-state index in [0.717, 1.165) is 0 Å². The Bertz CT molecular complexity index is 394. The summed E-state index contributed by atoms with van der Waals surface area (Å²) >= 11 is 0. The van der Waals surface area contributed by atoms with Gasteiger partial charge < -0.3 is 20.9 Å². The van der Waals surface area contributed by atoms with Gasteiger partial charge in [0.1, 0.15) is 12.0 Å². The Hall–Kier alpha value is -1.56. The molecule has 0 fully saturated rings. The highest BCUT2D eigenvalue weighted by Crippen LogP contribution is 2.28. The number of ether oxygens (including phenoxy) is 1. The maximum atomic E-state index is 8.99. The van der Waals surface area contributed by atoms with Gasteiger partial charge in [0, 0.05) is 12.1 Å². The number of nitrogens with two attached hydrogens (primary N) is 1. The fraction of sp³-hybridized carbons (Fsp3) is 0.667. The number of rotatable bonds is 6. The number of anilines is 2. The topological polar surface area (TPSA) is 93.3 Å². The molecule has 0 aliphatic heterocycles. The number of aliphatic hydroxyl groups excluding tert-OH is 1. The van der Waals surface area contributed by atoms with Crippen LogP contribution in [0.15, 0.2) is 6.33 Å². The van der Waals surface area contributed by atoms with Crippen molar-refractivity contribution in [3.63, 3.8) is 0 Å². The maximum Gasteiger partial charge on any atom is 0.242 e. The fourth-order valence-corrected chi connectivity index (χ4v) is 1.46. The summed E-state index contributed by atoms with van der Waals surface area (Å²) in [6.45, 7) is 7.84. The van der Waals surface area contributed by atoms with Gasteiger partial charge in [-0.25, -0.2) is 4.98 Å². The Morgan fingerprint density at radius 1 is 1.44 bits per heavy atom. The molecule has 0 unspecified atom stereocenters. The van der Waals surface area contributed by atoms with Crippen molar-refractivity contribution in [2.45, 2.75) is 45.8 Å². The molecule has 4 N–H and O–H groups in total. The van der Waals surface area contributed by atoms with Crippen LogP contribution in [0.5, 0.6) is 5.88 Å². The average molecular weight is 254 g/mol. The molecule has 0 aliphatic rings. The lowest BCUT2D eigenvalue weighted by atomic mass is 10.0. The summed E-state index contributed by atoms with van der Waals surface area (Å²) < 4.78 is 5.49. The third kappa shape index (κ3) is 4.03. The molecular formula is C12H22N4O2. The van der Waals surface area contributed by atoms with Crippen LogP contribution in [0.4, 0.5) is 11.5 Å². The minimum atomic E-state index is -0.299. The van der Waals surface area contributed by atoms with Gasteiger partial charge >= 0.3 is 0 Å². The van der Waals surface area contributed by atoms with Crippen molar-refractivity contribution >= 4 is 11.5 Å². The first-order valence-electron chi connectivity index (χ1n) is 6.02. The second-order valence-electron chi connectivity index (χ2n) is 5.09. The third-order valence-corrected chi connectivity index (χ3v) is 2.39. The van der Waals surface area contributed by atoms with Crippen molar-refractivity contribution < 1.29 is 9.84 Å². The normalized spacial score (nSPS) is 11.7. The van der Waals surface area contributed by atoms with Gasteiger partial charge in [0.2, 0.25) is 5.88 Å². The third-order valence-electron chi connectivity index (χ3n) is 2.39. The number of nitrogens with one attached hydrogen (secondary N) is 1. The molecule has 0 aromatic carbocycles. The van der Waals surface area contributed by atoms with Crippen LogP contribution >= 0.6 is 0 Å². The van der Waals surface area contributed by atoms with E-state index in [-0.39, 0.29) is 18.2 Å². The fourth-order valence-electron chi connectivity index (χ4n) is 1.46. The van der Waals surface area contributed by atoms with Crippen LogP contribution in [0.1, 0.15) is 34.1 Å². The molecule has 0 atom stereocenters. The van der Waals surface area contributed by atoms with Crippen LogP contribution in [-0.2, 0) is 0 Å². The Morgan fingerprint density at radius 3 is 2.67 bits per heavy atom. The van der Waals surface area contributed by atoms with Crippen LogP contribution in [-0.4, -0.2) is 33.3 Å². The van der Waals surface area contributed by atoms with E-state index in [1.165, 1.54) is 6.33 Å². The molecule has 1 aromatic heterocycles. The molecule has 1 heterocycles. The summed E-state index contributed by atoms with van der Waals surface area (Å²) in [5, 5.41) is 12.2. The molecule has 0 radical (unpaired) electrons. The van der Waals surface area contributed by atoms with Crippen LogP contribution in [0, 0.1) is 0 Å². The number of nitrogen functional groups attached to an aromatic ring is 1. The van der Waals surface area contributed by atoms with Gasteiger partial charge in [-0.15, -0.1) is 0 Å². The average Bonchev–Trinajstić information content (AvgIpc) is 2.23. The van der Waals surface area contributed by atoms with Gasteiger partial charge in [-0.3, -0.25) is 0 Å². The number of aliphatic hydroxyl groups is 1. The molecule has 6 nitrogen and oxygen atoms in total. The lowest BCUT2D eigenvalue weighted by molar-refractivity contribution is 0.234. The smallest absolute Gasteiger partial charge is 0.242 e. The molecule has 0 spiro atoms. The summed E-state index contributed by atoms with van der Waals surface area (Å²) in [7, 11) is 0. The van der Waals surface area contributed by atoms with Crippen LogP contribution < -0.4 is 15.8 Å². The number of hydrogen-bond donors (Lipinski definition) is 3. The van der Waals surface area contributed by atoms with Crippen LogP contribution in [0.3, 0.4) is 0 Å². The Labute approximate surface area is 108 Å². The second kappa shape index (κ2) is 5.86. The molecule has 6 heteroatoms. The largest absolute Gasteiger partial charge is 0.473 e. The summed E-state index contributed by atoms with van der Waals surface area (Å²) in [4.78, 5) is 8.11. The van der Waals surface area contributed by atoms with Gasteiger partial charge in [0.15, 0.2) is 5.82 Å². The van der Waals surface area contributed by atoms with Gasteiger partial charge in [0.25, 0.3) is 0 Å². The molecule has 1 rings (SSSR count). The van der Waals surface area contributed by atoms with Crippen LogP contribution in [0.25, 0.3) is 0 Å². The predicted octanol–water partition coefficient (Wildman–Crippen LogP) is 1.42. The van der Waals surface area contributed by atoms with Crippen molar-refractivity contribution in [2.24, 2.45) is 0 Å². The zero-order chi connectivity index (χ0) is 13.8. The highest BCUT2D eigenvalue weighted by Gasteiger charge is 2.20. The zero-order valence-electron chi connectivity index (χ0n) is 11.4. The Balaban J connectivity index is 2.90. The van der Waals surface area contributed by atoms with Gasteiger partial charge in [-0.1, -0.05) is 0 Å². The van der Waals surface area contributed by atoms with Crippen molar-refractivity contribution in [3.8, 4) is 5.88 Å². The van der Waals surface area contributed by atoms with E-state index in [1.54, 1.807) is 0 Å². The highest BCUT2D eigenvalue weighted by molar-refractivity contribution is 5.67. The standard InChI is InChI=1S/C12H22N4O2/c1-8(2)18-11-9(13)10(14-7-15-11)16-12(3,4)5-6-17/h7-8,17H,5-6,13H2,1-4H3,(H,14,15,16). The molecule has 0 amide bonds. The van der Waals surface area contributed by atoms with Crippen molar-refractivity contribution in [3.05, 3.63) is 6.33 Å². The van der Waals surface area contributed by atoms with Crippen molar-refractivity contribution in [1.29, 1.82) is 0 Å². The molecule has 0 aliphatic carbocycles. The van der Waals surface area contributed by atoms with E-state index in [2.05, 4.69) is 15.3 Å². The lowest BCUT2D eigenvalue weighted by Gasteiger charge is -2.27. The lowest BCUT2D eigenvalue weighted by Crippen LogP contribution is -2.32. The Kier molecular flexibility index (Phi) is 4.72. The summed E-state index contributed by atoms with van der Waals surface area (Å²) in [5.41, 5.74) is 6.05. The van der Waals surface area contributed by atoms with Crippen LogP contribution in [0.2, 0.25) is 0 Å². The molecule has 0 saturated carbocycles. The first-order valence-corrected chi connectivity index (χ1v) is 6.02. The number of aromatic nitrogens is 2. The van der Waals surface area contributed by atoms with Gasteiger partial charge in [0.05, 0.1) is 6.10 Å². The summed E-state index contributed by atoms with van der Waals surface area (Å²) in [6.07, 6.45) is 2.00. The minimum absolute atomic E-state index is 0.000465. The SMILES string of the molecule is CC(C)Oc1ncnc(NC(C)(C)CCO)c1N. The highest BCUT2D eigenvalue weighted by atomic mass is 16.5. The monoisotopic (exact) mass is 254 g/mol. The first kappa shape index (κ1) is 14.5. The van der Waals surface area contributed by atoms with Gasteiger partial charge in [-0.2, -0.15) is 4.98 Å².